The zero-order valence-corrected chi connectivity index (χ0v) is 8.63. The zero-order valence-electron chi connectivity index (χ0n) is 8.63. The third-order valence-electron chi connectivity index (χ3n) is 2.16. The Balaban J connectivity index is 2.14. The number of anilines is 1. The van der Waals surface area contributed by atoms with E-state index in [1.807, 2.05) is 12.1 Å². The lowest BCUT2D eigenvalue weighted by atomic mass is 10.1. The van der Waals surface area contributed by atoms with E-state index in [4.69, 9.17) is 5.73 Å². The third-order valence-corrected chi connectivity index (χ3v) is 2.16. The Hall–Kier alpha value is -2.23. The number of nitrogens with zero attached hydrogens (tertiary/aromatic N) is 2. The predicted octanol–water partition coefficient (Wildman–Crippen LogP) is 1.48. The molecule has 16 heavy (non-hydrogen) atoms. The van der Waals surface area contributed by atoms with Crippen molar-refractivity contribution in [2.24, 2.45) is 0 Å². The molecule has 0 fully saturated rings. The topological polar surface area (TPSA) is 68.9 Å². The second-order valence-corrected chi connectivity index (χ2v) is 3.44. The molecule has 0 saturated heterocycles. The Morgan fingerprint density at radius 1 is 1.31 bits per heavy atom. The zero-order chi connectivity index (χ0) is 11.4. The molecule has 80 valence electrons. The van der Waals surface area contributed by atoms with Gasteiger partial charge in [0.1, 0.15) is 5.69 Å². The van der Waals surface area contributed by atoms with Gasteiger partial charge >= 0.3 is 0 Å². The Kier molecular flexibility index (Phi) is 2.91. The molecular weight excluding hydrogens is 202 g/mol. The molecule has 4 nitrogen and oxygen atoms in total. The van der Waals surface area contributed by atoms with E-state index in [-0.39, 0.29) is 5.78 Å². The smallest absolute Gasteiger partial charge is 0.187 e. The molecule has 0 aliphatic heterocycles. The van der Waals surface area contributed by atoms with E-state index < -0.39 is 0 Å². The fraction of sp³-hybridized carbons (Fsp3) is 0.0833. The molecule has 0 amide bonds. The fourth-order valence-corrected chi connectivity index (χ4v) is 1.42. The van der Waals surface area contributed by atoms with E-state index >= 15 is 0 Å². The molecule has 4 heteroatoms. The van der Waals surface area contributed by atoms with Gasteiger partial charge in [0.05, 0.1) is 6.20 Å². The van der Waals surface area contributed by atoms with Gasteiger partial charge in [-0.1, -0.05) is 12.1 Å². The van der Waals surface area contributed by atoms with Crippen molar-refractivity contribution >= 4 is 11.5 Å². The van der Waals surface area contributed by atoms with Crippen molar-refractivity contribution in [3.05, 3.63) is 54.1 Å². The van der Waals surface area contributed by atoms with Crippen LogP contribution in [0.25, 0.3) is 0 Å². The highest BCUT2D eigenvalue weighted by atomic mass is 16.1. The molecule has 2 N–H and O–H groups in total. The molecule has 0 saturated carbocycles. The second kappa shape index (κ2) is 4.53. The Morgan fingerprint density at radius 2 is 2.19 bits per heavy atom. The van der Waals surface area contributed by atoms with Crippen molar-refractivity contribution in [3.8, 4) is 0 Å². The van der Waals surface area contributed by atoms with Crippen LogP contribution in [-0.4, -0.2) is 15.8 Å². The van der Waals surface area contributed by atoms with E-state index in [1.165, 1.54) is 18.6 Å². The van der Waals surface area contributed by atoms with Crippen LogP contribution in [0.4, 0.5) is 5.69 Å². The number of hydrogen-bond donors (Lipinski definition) is 1. The monoisotopic (exact) mass is 213 g/mol. The van der Waals surface area contributed by atoms with E-state index in [0.29, 0.717) is 17.8 Å². The molecule has 1 aromatic carbocycles. The minimum atomic E-state index is -0.0568. The standard InChI is InChI=1S/C12H11N3O/c13-10-3-1-2-9(6-10)7-12(16)11-8-14-4-5-15-11/h1-6,8H,7,13H2. The fourth-order valence-electron chi connectivity index (χ4n) is 1.42. The van der Waals surface area contributed by atoms with Crippen LogP contribution in [0.1, 0.15) is 16.1 Å². The average Bonchev–Trinajstić information content (AvgIpc) is 2.30. The number of rotatable bonds is 3. The van der Waals surface area contributed by atoms with Gasteiger partial charge in [-0.15, -0.1) is 0 Å². The van der Waals surface area contributed by atoms with Gasteiger partial charge in [-0.25, -0.2) is 4.98 Å². The molecule has 0 unspecified atom stereocenters. The van der Waals surface area contributed by atoms with Crippen molar-refractivity contribution in [2.45, 2.75) is 6.42 Å². The molecule has 1 heterocycles. The number of carbonyl (C=O) groups is 1. The summed E-state index contributed by atoms with van der Waals surface area (Å²) in [5, 5.41) is 0. The number of carbonyl (C=O) groups excluding carboxylic acids is 1. The molecule has 2 aromatic rings. The van der Waals surface area contributed by atoms with Crippen LogP contribution in [0.15, 0.2) is 42.9 Å². The summed E-state index contributed by atoms with van der Waals surface area (Å²) in [6.45, 7) is 0. The maximum Gasteiger partial charge on any atom is 0.187 e. The van der Waals surface area contributed by atoms with E-state index in [2.05, 4.69) is 9.97 Å². The Morgan fingerprint density at radius 3 is 2.88 bits per heavy atom. The largest absolute Gasteiger partial charge is 0.399 e. The number of benzene rings is 1. The first-order valence-corrected chi connectivity index (χ1v) is 4.89. The van der Waals surface area contributed by atoms with Gasteiger partial charge in [0.15, 0.2) is 5.78 Å². The molecule has 1 aromatic heterocycles. The summed E-state index contributed by atoms with van der Waals surface area (Å²) in [5.74, 6) is -0.0568. The number of aromatic nitrogens is 2. The van der Waals surface area contributed by atoms with Gasteiger partial charge in [-0.3, -0.25) is 9.78 Å². The second-order valence-electron chi connectivity index (χ2n) is 3.44. The average molecular weight is 213 g/mol. The lowest BCUT2D eigenvalue weighted by Crippen LogP contribution is -2.06. The van der Waals surface area contributed by atoms with Crippen LogP contribution in [-0.2, 0) is 6.42 Å². The predicted molar refractivity (Wildman–Crippen MR) is 60.9 cm³/mol. The SMILES string of the molecule is Nc1cccc(CC(=O)c2cnccn2)c1. The Bertz CT molecular complexity index is 497. The van der Waals surface area contributed by atoms with Crippen LogP contribution in [0.5, 0.6) is 0 Å². The summed E-state index contributed by atoms with van der Waals surface area (Å²) >= 11 is 0. The lowest BCUT2D eigenvalue weighted by molar-refractivity contribution is 0.0988. The molecule has 0 atom stereocenters. The number of ketones is 1. The maximum atomic E-state index is 11.8. The van der Waals surface area contributed by atoms with Crippen molar-refractivity contribution in [1.82, 2.24) is 9.97 Å². The summed E-state index contributed by atoms with van der Waals surface area (Å²) in [5.41, 5.74) is 7.56. The summed E-state index contributed by atoms with van der Waals surface area (Å²) in [4.78, 5) is 19.6. The van der Waals surface area contributed by atoms with E-state index in [9.17, 15) is 4.79 Å². The molecule has 0 spiro atoms. The first-order chi connectivity index (χ1) is 7.75. The quantitative estimate of drug-likeness (QED) is 0.619. The molecule has 0 aliphatic carbocycles. The summed E-state index contributed by atoms with van der Waals surface area (Å²) < 4.78 is 0. The third kappa shape index (κ3) is 2.42. The number of nitrogen functional groups attached to an aromatic ring is 1. The first-order valence-electron chi connectivity index (χ1n) is 4.89. The minimum absolute atomic E-state index is 0.0568. The van der Waals surface area contributed by atoms with Gasteiger partial charge in [0.25, 0.3) is 0 Å². The van der Waals surface area contributed by atoms with Crippen molar-refractivity contribution in [2.75, 3.05) is 5.73 Å². The summed E-state index contributed by atoms with van der Waals surface area (Å²) in [7, 11) is 0. The van der Waals surface area contributed by atoms with Crippen molar-refractivity contribution < 1.29 is 4.79 Å². The van der Waals surface area contributed by atoms with Gasteiger partial charge in [-0.2, -0.15) is 0 Å². The normalized spacial score (nSPS) is 10.0. The van der Waals surface area contributed by atoms with Crippen LogP contribution in [0.2, 0.25) is 0 Å². The van der Waals surface area contributed by atoms with Gasteiger partial charge in [0, 0.05) is 24.5 Å². The van der Waals surface area contributed by atoms with Gasteiger partial charge in [-0.05, 0) is 17.7 Å². The first kappa shape index (κ1) is 10.3. The van der Waals surface area contributed by atoms with Crippen LogP contribution >= 0.6 is 0 Å². The molecular formula is C12H11N3O. The van der Waals surface area contributed by atoms with E-state index in [0.717, 1.165) is 5.56 Å². The highest BCUT2D eigenvalue weighted by Crippen LogP contribution is 2.09. The van der Waals surface area contributed by atoms with Crippen molar-refractivity contribution in [1.29, 1.82) is 0 Å². The van der Waals surface area contributed by atoms with Crippen LogP contribution in [0.3, 0.4) is 0 Å². The highest BCUT2D eigenvalue weighted by Gasteiger charge is 2.08. The van der Waals surface area contributed by atoms with E-state index in [1.54, 1.807) is 12.1 Å². The van der Waals surface area contributed by atoms with Crippen LogP contribution in [0, 0.1) is 0 Å². The highest BCUT2D eigenvalue weighted by molar-refractivity contribution is 5.95. The molecule has 0 aliphatic rings. The number of nitrogens with two attached hydrogens (primary N) is 1. The molecule has 2 rings (SSSR count). The maximum absolute atomic E-state index is 11.8. The summed E-state index contributed by atoms with van der Waals surface area (Å²) in [6, 6.07) is 7.27. The number of Topliss-reactive ketones (excluding diaryl/α,β-unsaturated/α-hetero) is 1. The van der Waals surface area contributed by atoms with Crippen molar-refractivity contribution in [3.63, 3.8) is 0 Å². The molecule has 0 radical (unpaired) electrons. The minimum Gasteiger partial charge on any atom is -0.399 e. The van der Waals surface area contributed by atoms with Crippen LogP contribution < -0.4 is 5.73 Å². The molecule has 0 bridgehead atoms. The lowest BCUT2D eigenvalue weighted by Gasteiger charge is -2.01. The van der Waals surface area contributed by atoms with Gasteiger partial charge in [0.2, 0.25) is 0 Å². The summed E-state index contributed by atoms with van der Waals surface area (Å²) in [6.07, 6.45) is 4.81. The number of hydrogen-bond acceptors (Lipinski definition) is 4. The van der Waals surface area contributed by atoms with Gasteiger partial charge < -0.3 is 5.73 Å². The Labute approximate surface area is 93.2 Å².